The zero-order valence-corrected chi connectivity index (χ0v) is 9.67. The summed E-state index contributed by atoms with van der Waals surface area (Å²) in [4.78, 5) is 0. The summed E-state index contributed by atoms with van der Waals surface area (Å²) in [5.74, 6) is 1.11. The molecule has 1 unspecified atom stereocenters. The molecule has 0 aliphatic rings. The van der Waals surface area contributed by atoms with Crippen LogP contribution in [-0.4, -0.2) is 6.54 Å². The highest BCUT2D eigenvalue weighted by molar-refractivity contribution is 5.33. The van der Waals surface area contributed by atoms with Crippen LogP contribution in [0.1, 0.15) is 36.5 Å². The number of rotatable bonds is 3. The van der Waals surface area contributed by atoms with E-state index in [1.165, 1.54) is 16.7 Å². The number of benzene rings is 1. The van der Waals surface area contributed by atoms with Crippen LogP contribution < -0.4 is 5.73 Å². The van der Waals surface area contributed by atoms with Crippen LogP contribution in [0.15, 0.2) is 18.2 Å². The Bertz CT molecular complexity index is 302. The molecule has 0 aliphatic carbocycles. The Balaban J connectivity index is 3.04. The average Bonchev–Trinajstić information content (AvgIpc) is 2.09. The van der Waals surface area contributed by atoms with Crippen LogP contribution in [0.4, 0.5) is 0 Å². The minimum absolute atomic E-state index is 0.496. The first-order valence-corrected chi connectivity index (χ1v) is 5.33. The molecule has 1 atom stereocenters. The maximum atomic E-state index is 5.81. The fraction of sp³-hybridized carbons (Fsp3) is 0.538. The lowest BCUT2D eigenvalue weighted by molar-refractivity contribution is 0.504. The Kier molecular flexibility index (Phi) is 3.70. The maximum Gasteiger partial charge on any atom is -0.000567 e. The van der Waals surface area contributed by atoms with Crippen LogP contribution in [0.5, 0.6) is 0 Å². The Morgan fingerprint density at radius 3 is 2.29 bits per heavy atom. The van der Waals surface area contributed by atoms with Gasteiger partial charge in [0.1, 0.15) is 0 Å². The third-order valence-electron chi connectivity index (χ3n) is 2.88. The molecule has 14 heavy (non-hydrogen) atoms. The Hall–Kier alpha value is -0.820. The number of aryl methyl sites for hydroxylation is 2. The van der Waals surface area contributed by atoms with Crippen molar-refractivity contribution in [3.63, 3.8) is 0 Å². The van der Waals surface area contributed by atoms with Gasteiger partial charge in [-0.2, -0.15) is 0 Å². The fourth-order valence-corrected chi connectivity index (χ4v) is 2.00. The van der Waals surface area contributed by atoms with Crippen molar-refractivity contribution >= 4 is 0 Å². The van der Waals surface area contributed by atoms with Gasteiger partial charge in [0.2, 0.25) is 0 Å². The fourth-order valence-electron chi connectivity index (χ4n) is 2.00. The molecule has 0 radical (unpaired) electrons. The average molecular weight is 191 g/mol. The standard InChI is InChI=1S/C13H21N/c1-9(2)13(8-14)12-6-5-10(3)7-11(12)4/h5-7,9,13H,8,14H2,1-4H3. The molecule has 0 spiro atoms. The van der Waals surface area contributed by atoms with E-state index in [1.807, 2.05) is 0 Å². The Morgan fingerprint density at radius 1 is 1.21 bits per heavy atom. The van der Waals surface area contributed by atoms with Crippen LogP contribution in [0.2, 0.25) is 0 Å². The molecule has 2 N–H and O–H groups in total. The van der Waals surface area contributed by atoms with E-state index in [4.69, 9.17) is 5.73 Å². The molecule has 1 aromatic rings. The van der Waals surface area contributed by atoms with Crippen LogP contribution in [0, 0.1) is 19.8 Å². The van der Waals surface area contributed by atoms with Crippen molar-refractivity contribution in [2.24, 2.45) is 11.7 Å². The van der Waals surface area contributed by atoms with Crippen molar-refractivity contribution in [1.82, 2.24) is 0 Å². The monoisotopic (exact) mass is 191 g/mol. The van der Waals surface area contributed by atoms with Crippen molar-refractivity contribution < 1.29 is 0 Å². The van der Waals surface area contributed by atoms with Gasteiger partial charge in [-0.3, -0.25) is 0 Å². The summed E-state index contributed by atoms with van der Waals surface area (Å²) in [5.41, 5.74) is 9.92. The normalized spacial score (nSPS) is 13.3. The van der Waals surface area contributed by atoms with Crippen molar-refractivity contribution in [3.8, 4) is 0 Å². The molecule has 0 amide bonds. The number of hydrogen-bond donors (Lipinski definition) is 1. The molecule has 1 aromatic carbocycles. The second-order valence-electron chi connectivity index (χ2n) is 4.45. The molecule has 0 heterocycles. The van der Waals surface area contributed by atoms with Crippen molar-refractivity contribution in [3.05, 3.63) is 34.9 Å². The quantitative estimate of drug-likeness (QED) is 0.781. The Morgan fingerprint density at radius 2 is 1.86 bits per heavy atom. The summed E-state index contributed by atoms with van der Waals surface area (Å²) in [5, 5.41) is 0. The molecule has 0 bridgehead atoms. The first-order chi connectivity index (χ1) is 6.56. The van der Waals surface area contributed by atoms with Gasteiger partial charge in [-0.25, -0.2) is 0 Å². The van der Waals surface area contributed by atoms with E-state index in [0.717, 1.165) is 6.54 Å². The molecule has 1 nitrogen and oxygen atoms in total. The summed E-state index contributed by atoms with van der Waals surface area (Å²) in [6.45, 7) is 9.51. The topological polar surface area (TPSA) is 26.0 Å². The van der Waals surface area contributed by atoms with Gasteiger partial charge in [0.15, 0.2) is 0 Å². The third-order valence-corrected chi connectivity index (χ3v) is 2.88. The lowest BCUT2D eigenvalue weighted by atomic mass is 9.85. The molecule has 0 aromatic heterocycles. The van der Waals surface area contributed by atoms with E-state index >= 15 is 0 Å². The third kappa shape index (κ3) is 2.36. The van der Waals surface area contributed by atoms with E-state index in [9.17, 15) is 0 Å². The molecule has 0 saturated carbocycles. The molecule has 1 rings (SSSR count). The summed E-state index contributed by atoms with van der Waals surface area (Å²) in [7, 11) is 0. The van der Waals surface area contributed by atoms with Crippen molar-refractivity contribution in [1.29, 1.82) is 0 Å². The smallest absolute Gasteiger partial charge is 0.000567 e. The number of hydrogen-bond acceptors (Lipinski definition) is 1. The maximum absolute atomic E-state index is 5.81. The van der Waals surface area contributed by atoms with Crippen LogP contribution in [-0.2, 0) is 0 Å². The summed E-state index contributed by atoms with van der Waals surface area (Å²) < 4.78 is 0. The van der Waals surface area contributed by atoms with E-state index in [2.05, 4.69) is 45.9 Å². The highest BCUT2D eigenvalue weighted by atomic mass is 14.6. The second kappa shape index (κ2) is 4.61. The molecule has 0 fully saturated rings. The Labute approximate surface area is 87.3 Å². The largest absolute Gasteiger partial charge is 0.330 e. The zero-order chi connectivity index (χ0) is 10.7. The summed E-state index contributed by atoms with van der Waals surface area (Å²) >= 11 is 0. The first-order valence-electron chi connectivity index (χ1n) is 5.33. The van der Waals surface area contributed by atoms with Gasteiger partial charge in [-0.15, -0.1) is 0 Å². The minimum Gasteiger partial charge on any atom is -0.330 e. The molecule has 1 heteroatoms. The van der Waals surface area contributed by atoms with Gasteiger partial charge in [0, 0.05) is 0 Å². The van der Waals surface area contributed by atoms with E-state index < -0.39 is 0 Å². The SMILES string of the molecule is Cc1ccc(C(CN)C(C)C)c(C)c1. The first kappa shape index (κ1) is 11.3. The van der Waals surface area contributed by atoms with Crippen molar-refractivity contribution in [2.45, 2.75) is 33.6 Å². The van der Waals surface area contributed by atoms with E-state index in [1.54, 1.807) is 0 Å². The lowest BCUT2D eigenvalue weighted by Gasteiger charge is -2.21. The molecule has 0 saturated heterocycles. The van der Waals surface area contributed by atoms with Crippen LogP contribution in [0.3, 0.4) is 0 Å². The van der Waals surface area contributed by atoms with E-state index in [-0.39, 0.29) is 0 Å². The molecular weight excluding hydrogens is 170 g/mol. The summed E-state index contributed by atoms with van der Waals surface area (Å²) in [6.07, 6.45) is 0. The van der Waals surface area contributed by atoms with Crippen molar-refractivity contribution in [2.75, 3.05) is 6.54 Å². The molecule has 78 valence electrons. The molecule has 0 aliphatic heterocycles. The second-order valence-corrected chi connectivity index (χ2v) is 4.45. The molecular formula is C13H21N. The predicted molar refractivity (Wildman–Crippen MR) is 62.5 cm³/mol. The van der Waals surface area contributed by atoms with Gasteiger partial charge >= 0.3 is 0 Å². The minimum atomic E-state index is 0.496. The van der Waals surface area contributed by atoms with Gasteiger partial charge in [-0.05, 0) is 43.4 Å². The summed E-state index contributed by atoms with van der Waals surface area (Å²) in [6, 6.07) is 6.63. The van der Waals surface area contributed by atoms with Gasteiger partial charge in [-0.1, -0.05) is 37.6 Å². The van der Waals surface area contributed by atoms with E-state index in [0.29, 0.717) is 11.8 Å². The van der Waals surface area contributed by atoms with Gasteiger partial charge in [0.25, 0.3) is 0 Å². The van der Waals surface area contributed by atoms with Gasteiger partial charge < -0.3 is 5.73 Å². The lowest BCUT2D eigenvalue weighted by Crippen LogP contribution is -2.18. The van der Waals surface area contributed by atoms with Gasteiger partial charge in [0.05, 0.1) is 0 Å². The highest BCUT2D eigenvalue weighted by Gasteiger charge is 2.15. The highest BCUT2D eigenvalue weighted by Crippen LogP contribution is 2.26. The van der Waals surface area contributed by atoms with Crippen LogP contribution >= 0.6 is 0 Å². The predicted octanol–water partition coefficient (Wildman–Crippen LogP) is 3.00. The zero-order valence-electron chi connectivity index (χ0n) is 9.67. The van der Waals surface area contributed by atoms with Crippen LogP contribution in [0.25, 0.3) is 0 Å². The number of nitrogens with two attached hydrogens (primary N) is 1.